The summed E-state index contributed by atoms with van der Waals surface area (Å²) in [5.41, 5.74) is 0.380. The highest BCUT2D eigenvalue weighted by Crippen LogP contribution is 2.31. The minimum Gasteiger partial charge on any atom is -0.391 e. The van der Waals surface area contributed by atoms with Crippen LogP contribution in [0.25, 0.3) is 0 Å². The second-order valence-corrected chi connectivity index (χ2v) is 6.85. The summed E-state index contributed by atoms with van der Waals surface area (Å²) in [5.74, 6) is 0.0343. The smallest absolute Gasteiger partial charge is 0.253 e. The molecule has 0 bridgehead atoms. The molecule has 1 aromatic heterocycles. The Bertz CT molecular complexity index is 430. The first-order valence-corrected chi connectivity index (χ1v) is 7.56. The van der Waals surface area contributed by atoms with Crippen molar-refractivity contribution in [3.8, 4) is 0 Å². The molecular weight excluding hydrogens is 293 g/mol. The lowest BCUT2D eigenvalue weighted by Gasteiger charge is -2.17. The van der Waals surface area contributed by atoms with Gasteiger partial charge in [-0.3, -0.25) is 4.79 Å². The van der Waals surface area contributed by atoms with Gasteiger partial charge in [0.15, 0.2) is 0 Å². The lowest BCUT2D eigenvalue weighted by atomic mass is 10.0. The van der Waals surface area contributed by atoms with Gasteiger partial charge in [0.05, 0.1) is 16.0 Å². The molecule has 2 rings (SSSR count). The minimum absolute atomic E-state index is 0.271. The van der Waals surface area contributed by atoms with Gasteiger partial charge in [0.25, 0.3) is 5.91 Å². The van der Waals surface area contributed by atoms with Gasteiger partial charge in [-0.15, -0.1) is 11.3 Å². The summed E-state index contributed by atoms with van der Waals surface area (Å²) in [6, 6.07) is 1.55. The highest BCUT2D eigenvalue weighted by Gasteiger charge is 2.24. The Morgan fingerprint density at radius 1 is 1.50 bits per heavy atom. The second kappa shape index (κ2) is 6.24. The molecule has 1 aliphatic carbocycles. The van der Waals surface area contributed by atoms with Crippen LogP contribution in [0.4, 0.5) is 0 Å². The van der Waals surface area contributed by atoms with E-state index in [1.807, 2.05) is 0 Å². The fourth-order valence-corrected chi connectivity index (χ4v) is 3.75. The molecule has 0 aromatic carbocycles. The number of aliphatic hydroxyl groups is 1. The average Bonchev–Trinajstić information content (AvgIpc) is 2.95. The number of halogens is 2. The Labute approximate surface area is 120 Å². The van der Waals surface area contributed by atoms with Crippen molar-refractivity contribution in [1.82, 2.24) is 5.32 Å². The van der Waals surface area contributed by atoms with Crippen LogP contribution in [-0.4, -0.2) is 23.7 Å². The minimum atomic E-state index is -0.468. The van der Waals surface area contributed by atoms with Crippen molar-refractivity contribution in [2.24, 2.45) is 5.92 Å². The number of hydrogen-bond acceptors (Lipinski definition) is 3. The second-order valence-electron chi connectivity index (χ2n) is 4.56. The number of carbonyl (C=O) groups is 1. The van der Waals surface area contributed by atoms with E-state index < -0.39 is 6.10 Å². The zero-order valence-corrected chi connectivity index (χ0v) is 12.1. The largest absolute Gasteiger partial charge is 0.391 e. The Morgan fingerprint density at radius 3 is 2.72 bits per heavy atom. The van der Waals surface area contributed by atoms with Crippen molar-refractivity contribution in [2.45, 2.75) is 31.8 Å². The standard InChI is InChI=1S/C12H15Cl2NO2S/c13-10-5-8(11(14)18-10)12(17)15-6-9(16)7-3-1-2-4-7/h5,7,9,16H,1-4,6H2,(H,15,17). The highest BCUT2D eigenvalue weighted by molar-refractivity contribution is 7.20. The molecule has 3 nitrogen and oxygen atoms in total. The van der Waals surface area contributed by atoms with Crippen LogP contribution in [0.5, 0.6) is 0 Å². The van der Waals surface area contributed by atoms with Crippen LogP contribution in [0, 0.1) is 5.92 Å². The molecule has 1 atom stereocenters. The van der Waals surface area contributed by atoms with Gasteiger partial charge in [-0.1, -0.05) is 36.0 Å². The maximum atomic E-state index is 11.8. The molecule has 1 fully saturated rings. The highest BCUT2D eigenvalue weighted by atomic mass is 35.5. The zero-order chi connectivity index (χ0) is 13.1. The number of aliphatic hydroxyl groups excluding tert-OH is 1. The van der Waals surface area contributed by atoms with Crippen LogP contribution in [-0.2, 0) is 0 Å². The van der Waals surface area contributed by atoms with E-state index in [1.54, 1.807) is 6.07 Å². The van der Waals surface area contributed by atoms with Crippen molar-refractivity contribution < 1.29 is 9.90 Å². The first-order chi connectivity index (χ1) is 8.58. The monoisotopic (exact) mass is 307 g/mol. The first kappa shape index (κ1) is 14.1. The van der Waals surface area contributed by atoms with Crippen LogP contribution < -0.4 is 5.32 Å². The molecule has 1 aromatic rings. The van der Waals surface area contributed by atoms with E-state index in [0.29, 0.717) is 20.2 Å². The zero-order valence-electron chi connectivity index (χ0n) is 9.79. The third kappa shape index (κ3) is 3.38. The number of nitrogens with one attached hydrogen (secondary N) is 1. The van der Waals surface area contributed by atoms with E-state index in [9.17, 15) is 9.90 Å². The number of hydrogen-bond donors (Lipinski definition) is 2. The summed E-state index contributed by atoms with van der Waals surface area (Å²) in [6.45, 7) is 0.271. The van der Waals surface area contributed by atoms with E-state index in [2.05, 4.69) is 5.32 Å². The molecule has 0 radical (unpaired) electrons. The van der Waals surface area contributed by atoms with Crippen molar-refractivity contribution in [2.75, 3.05) is 6.54 Å². The Hall–Kier alpha value is -0.290. The average molecular weight is 308 g/mol. The molecule has 1 heterocycles. The maximum absolute atomic E-state index is 11.8. The summed E-state index contributed by atoms with van der Waals surface area (Å²) in [5, 5.41) is 12.7. The van der Waals surface area contributed by atoms with E-state index in [4.69, 9.17) is 23.2 Å². The number of carbonyl (C=O) groups excluding carboxylic acids is 1. The van der Waals surface area contributed by atoms with E-state index in [0.717, 1.165) is 24.2 Å². The Kier molecular flexibility index (Phi) is 4.90. The van der Waals surface area contributed by atoms with E-state index in [1.165, 1.54) is 12.8 Å². The fourth-order valence-electron chi connectivity index (χ4n) is 2.30. The number of thiophene rings is 1. The molecule has 0 saturated heterocycles. The van der Waals surface area contributed by atoms with Crippen LogP contribution in [0.15, 0.2) is 6.07 Å². The summed E-state index contributed by atoms with van der Waals surface area (Å²) in [4.78, 5) is 11.8. The normalized spacial score (nSPS) is 17.9. The summed E-state index contributed by atoms with van der Waals surface area (Å²) in [7, 11) is 0. The molecule has 1 amide bonds. The van der Waals surface area contributed by atoms with Crippen molar-refractivity contribution in [1.29, 1.82) is 0 Å². The number of rotatable bonds is 4. The van der Waals surface area contributed by atoms with Gasteiger partial charge in [0.1, 0.15) is 4.34 Å². The predicted molar refractivity (Wildman–Crippen MR) is 74.6 cm³/mol. The lowest BCUT2D eigenvalue weighted by Crippen LogP contribution is -2.35. The van der Waals surface area contributed by atoms with Crippen molar-refractivity contribution in [3.05, 3.63) is 20.3 Å². The maximum Gasteiger partial charge on any atom is 0.253 e. The summed E-state index contributed by atoms with van der Waals surface area (Å²) >= 11 is 12.8. The first-order valence-electron chi connectivity index (χ1n) is 5.99. The SMILES string of the molecule is O=C(NCC(O)C1CCCC1)c1cc(Cl)sc1Cl. The van der Waals surface area contributed by atoms with Gasteiger partial charge in [0.2, 0.25) is 0 Å². The van der Waals surface area contributed by atoms with Gasteiger partial charge in [-0.2, -0.15) is 0 Å². The molecular formula is C12H15Cl2NO2S. The molecule has 100 valence electrons. The fraction of sp³-hybridized carbons (Fsp3) is 0.583. The van der Waals surface area contributed by atoms with Crippen LogP contribution in [0.2, 0.25) is 8.67 Å². The Balaban J connectivity index is 1.86. The third-order valence-corrected chi connectivity index (χ3v) is 4.80. The van der Waals surface area contributed by atoms with Crippen LogP contribution in [0.3, 0.4) is 0 Å². The van der Waals surface area contributed by atoms with Crippen LogP contribution >= 0.6 is 34.5 Å². The molecule has 1 aliphatic rings. The Morgan fingerprint density at radius 2 is 2.17 bits per heavy atom. The summed E-state index contributed by atoms with van der Waals surface area (Å²) in [6.07, 6.45) is 3.96. The van der Waals surface area contributed by atoms with Crippen molar-refractivity contribution >= 4 is 40.4 Å². The summed E-state index contributed by atoms with van der Waals surface area (Å²) < 4.78 is 0.870. The molecule has 1 saturated carbocycles. The molecule has 0 spiro atoms. The van der Waals surface area contributed by atoms with Gasteiger partial charge >= 0.3 is 0 Å². The van der Waals surface area contributed by atoms with Gasteiger partial charge < -0.3 is 10.4 Å². The van der Waals surface area contributed by atoms with Gasteiger partial charge in [0, 0.05) is 6.54 Å². The lowest BCUT2D eigenvalue weighted by molar-refractivity contribution is 0.0841. The van der Waals surface area contributed by atoms with E-state index in [-0.39, 0.29) is 12.5 Å². The number of amides is 1. The molecule has 18 heavy (non-hydrogen) atoms. The molecule has 0 aliphatic heterocycles. The molecule has 2 N–H and O–H groups in total. The quantitative estimate of drug-likeness (QED) is 0.896. The molecule has 6 heteroatoms. The topological polar surface area (TPSA) is 49.3 Å². The van der Waals surface area contributed by atoms with Gasteiger partial charge in [-0.25, -0.2) is 0 Å². The predicted octanol–water partition coefficient (Wildman–Crippen LogP) is 3.34. The van der Waals surface area contributed by atoms with Crippen molar-refractivity contribution in [3.63, 3.8) is 0 Å². The van der Waals surface area contributed by atoms with Gasteiger partial charge in [-0.05, 0) is 24.8 Å². The van der Waals surface area contributed by atoms with E-state index >= 15 is 0 Å². The third-order valence-electron chi connectivity index (χ3n) is 3.32. The van der Waals surface area contributed by atoms with Crippen LogP contribution in [0.1, 0.15) is 36.0 Å². The molecule has 1 unspecified atom stereocenters.